The van der Waals surface area contributed by atoms with Crippen molar-refractivity contribution in [3.05, 3.63) is 83.4 Å². The maximum Gasteiger partial charge on any atom is 0.166 e. The molecule has 0 spiro atoms. The Balaban J connectivity index is 1.98. The number of fused-ring (bicyclic) bond motifs is 1. The number of hydrogen-bond acceptors (Lipinski definition) is 0. The Morgan fingerprint density at radius 1 is 0.846 bits per heavy atom. The molecule has 0 N–H and O–H groups in total. The molecule has 0 saturated heterocycles. The van der Waals surface area contributed by atoms with E-state index >= 15 is 0 Å². The molecular weight excluding hydrogens is 326 g/mol. The summed E-state index contributed by atoms with van der Waals surface area (Å²) in [5.41, 5.74) is 3.65. The van der Waals surface area contributed by atoms with Crippen molar-refractivity contribution in [2.45, 2.75) is 39.5 Å². The van der Waals surface area contributed by atoms with Gasteiger partial charge in [-0.05, 0) is 66.0 Å². The first-order chi connectivity index (χ1) is 12.6. The topological polar surface area (TPSA) is 0 Å². The molecule has 0 radical (unpaired) electrons. The van der Waals surface area contributed by atoms with Gasteiger partial charge in [0.05, 0.1) is 0 Å². The predicted molar refractivity (Wildman–Crippen MR) is 106 cm³/mol. The lowest BCUT2D eigenvalue weighted by atomic mass is 9.97. The molecule has 0 heterocycles. The van der Waals surface area contributed by atoms with Gasteiger partial charge >= 0.3 is 0 Å². The minimum absolute atomic E-state index is 0.340. The van der Waals surface area contributed by atoms with Crippen LogP contribution in [0.2, 0.25) is 0 Å². The first kappa shape index (κ1) is 18.3. The van der Waals surface area contributed by atoms with Crippen LogP contribution in [0.3, 0.4) is 0 Å². The number of halogens is 2. The molecule has 2 heteroatoms. The van der Waals surface area contributed by atoms with Crippen LogP contribution in [0.15, 0.2) is 60.7 Å². The monoisotopic (exact) mass is 350 g/mol. The van der Waals surface area contributed by atoms with Crippen molar-refractivity contribution in [2.75, 3.05) is 0 Å². The molecule has 0 aromatic heterocycles. The van der Waals surface area contributed by atoms with Crippen LogP contribution < -0.4 is 0 Å². The Morgan fingerprint density at radius 2 is 1.58 bits per heavy atom. The summed E-state index contributed by atoms with van der Waals surface area (Å²) in [7, 11) is 0. The Labute approximate surface area is 154 Å². The minimum Gasteiger partial charge on any atom is -0.203 e. The lowest BCUT2D eigenvalue weighted by Gasteiger charge is -2.10. The van der Waals surface area contributed by atoms with Crippen LogP contribution in [0.5, 0.6) is 0 Å². The second kappa shape index (κ2) is 8.27. The van der Waals surface area contributed by atoms with E-state index in [1.807, 2.05) is 43.3 Å². The van der Waals surface area contributed by atoms with Gasteiger partial charge in [-0.15, -0.1) is 0 Å². The van der Waals surface area contributed by atoms with Crippen molar-refractivity contribution in [3.8, 4) is 11.1 Å². The molecule has 0 atom stereocenters. The molecule has 0 nitrogen and oxygen atoms in total. The molecule has 0 amide bonds. The first-order valence-electron chi connectivity index (χ1n) is 9.25. The summed E-state index contributed by atoms with van der Waals surface area (Å²) in [5, 5.41) is 1.08. The smallest absolute Gasteiger partial charge is 0.166 e. The number of benzene rings is 3. The van der Waals surface area contributed by atoms with Crippen LogP contribution in [0.25, 0.3) is 21.9 Å². The molecule has 0 saturated carbocycles. The van der Waals surface area contributed by atoms with Crippen LogP contribution in [0.1, 0.15) is 37.8 Å². The van der Waals surface area contributed by atoms with Gasteiger partial charge in [-0.1, -0.05) is 61.9 Å². The fraction of sp³-hybridized carbons (Fsp3) is 0.250. The van der Waals surface area contributed by atoms with Gasteiger partial charge in [0.15, 0.2) is 11.6 Å². The van der Waals surface area contributed by atoms with E-state index in [4.69, 9.17) is 0 Å². The largest absolute Gasteiger partial charge is 0.203 e. The number of hydrogen-bond donors (Lipinski definition) is 0. The molecule has 0 aliphatic heterocycles. The molecule has 0 aliphatic carbocycles. The van der Waals surface area contributed by atoms with E-state index in [9.17, 15) is 8.78 Å². The van der Waals surface area contributed by atoms with Crippen LogP contribution in [0, 0.1) is 11.6 Å². The van der Waals surface area contributed by atoms with Crippen molar-refractivity contribution >= 4 is 10.8 Å². The van der Waals surface area contributed by atoms with Gasteiger partial charge in [0, 0.05) is 5.39 Å². The zero-order valence-corrected chi connectivity index (χ0v) is 15.4. The fourth-order valence-electron chi connectivity index (χ4n) is 3.30. The highest BCUT2D eigenvalue weighted by atomic mass is 19.2. The lowest BCUT2D eigenvalue weighted by Crippen LogP contribution is -1.96. The highest BCUT2D eigenvalue weighted by molar-refractivity contribution is 5.88. The van der Waals surface area contributed by atoms with Crippen LogP contribution in [-0.4, -0.2) is 0 Å². The first-order valence-corrected chi connectivity index (χ1v) is 9.25. The van der Waals surface area contributed by atoms with Gasteiger partial charge in [0.25, 0.3) is 0 Å². The molecule has 3 aromatic carbocycles. The standard InChI is InChI=1S/C24H24F2/c1-3-5-6-8-21-15-20-14-13-19(16-22(20)24(26)23(21)25)18-11-9-17(7-4-2)10-12-18/h3,5,9-16H,4,6-8H2,1-2H3/b5-3+. The summed E-state index contributed by atoms with van der Waals surface area (Å²) >= 11 is 0. The van der Waals surface area contributed by atoms with Crippen molar-refractivity contribution in [1.29, 1.82) is 0 Å². The Bertz CT molecular complexity index is 921. The minimum atomic E-state index is -0.748. The summed E-state index contributed by atoms with van der Waals surface area (Å²) in [4.78, 5) is 0. The maximum atomic E-state index is 14.6. The van der Waals surface area contributed by atoms with Gasteiger partial charge in [0.1, 0.15) is 0 Å². The maximum absolute atomic E-state index is 14.6. The third kappa shape index (κ3) is 3.85. The van der Waals surface area contributed by atoms with E-state index in [2.05, 4.69) is 19.1 Å². The molecule has 0 fully saturated rings. The van der Waals surface area contributed by atoms with Crippen molar-refractivity contribution in [3.63, 3.8) is 0 Å². The van der Waals surface area contributed by atoms with Crippen LogP contribution in [-0.2, 0) is 12.8 Å². The van der Waals surface area contributed by atoms with Crippen LogP contribution in [0.4, 0.5) is 8.78 Å². The van der Waals surface area contributed by atoms with Crippen molar-refractivity contribution in [1.82, 2.24) is 0 Å². The molecular formula is C24H24F2. The molecule has 134 valence electrons. The van der Waals surface area contributed by atoms with E-state index in [0.29, 0.717) is 23.8 Å². The quantitative estimate of drug-likeness (QED) is 0.411. The highest BCUT2D eigenvalue weighted by Crippen LogP contribution is 2.29. The molecule has 0 bridgehead atoms. The SMILES string of the molecule is C/C=C/CCc1cc2ccc(-c3ccc(CCC)cc3)cc2c(F)c1F. The lowest BCUT2D eigenvalue weighted by molar-refractivity contribution is 0.507. The summed E-state index contributed by atoms with van der Waals surface area (Å²) in [5.74, 6) is -1.47. The summed E-state index contributed by atoms with van der Waals surface area (Å²) in [6, 6.07) is 15.7. The third-order valence-electron chi connectivity index (χ3n) is 4.74. The van der Waals surface area contributed by atoms with Gasteiger partial charge in [0.2, 0.25) is 0 Å². The van der Waals surface area contributed by atoms with E-state index in [0.717, 1.165) is 29.4 Å². The predicted octanol–water partition coefficient (Wildman–Crippen LogP) is 7.25. The Morgan fingerprint density at radius 3 is 2.27 bits per heavy atom. The normalized spacial score (nSPS) is 11.5. The van der Waals surface area contributed by atoms with Crippen molar-refractivity contribution in [2.24, 2.45) is 0 Å². The van der Waals surface area contributed by atoms with Crippen LogP contribution >= 0.6 is 0 Å². The second-order valence-electron chi connectivity index (χ2n) is 6.65. The molecule has 26 heavy (non-hydrogen) atoms. The molecule has 0 aliphatic rings. The van der Waals surface area contributed by atoms with E-state index < -0.39 is 11.6 Å². The summed E-state index contributed by atoms with van der Waals surface area (Å²) in [6.07, 6.45) is 7.26. The van der Waals surface area contributed by atoms with Gasteiger partial charge < -0.3 is 0 Å². The van der Waals surface area contributed by atoms with Gasteiger partial charge in [-0.2, -0.15) is 0 Å². The second-order valence-corrected chi connectivity index (χ2v) is 6.65. The number of rotatable bonds is 6. The molecule has 0 unspecified atom stereocenters. The van der Waals surface area contributed by atoms with E-state index in [1.165, 1.54) is 5.56 Å². The number of allylic oxidation sites excluding steroid dienone is 2. The number of aryl methyl sites for hydroxylation is 2. The summed E-state index contributed by atoms with van der Waals surface area (Å²) in [6.45, 7) is 4.08. The Kier molecular flexibility index (Phi) is 5.82. The van der Waals surface area contributed by atoms with Gasteiger partial charge in [-0.3, -0.25) is 0 Å². The van der Waals surface area contributed by atoms with Crippen molar-refractivity contribution < 1.29 is 8.78 Å². The zero-order valence-electron chi connectivity index (χ0n) is 15.4. The zero-order chi connectivity index (χ0) is 18.5. The average Bonchev–Trinajstić information content (AvgIpc) is 2.66. The molecule has 3 rings (SSSR count). The van der Waals surface area contributed by atoms with E-state index in [-0.39, 0.29) is 0 Å². The van der Waals surface area contributed by atoms with E-state index in [1.54, 1.807) is 12.1 Å². The highest BCUT2D eigenvalue weighted by Gasteiger charge is 2.14. The Hall–Kier alpha value is -2.48. The average molecular weight is 350 g/mol. The molecule has 3 aromatic rings. The summed E-state index contributed by atoms with van der Waals surface area (Å²) < 4.78 is 29.1. The fourth-order valence-corrected chi connectivity index (χ4v) is 3.30. The third-order valence-corrected chi connectivity index (χ3v) is 4.74. The van der Waals surface area contributed by atoms with Gasteiger partial charge in [-0.25, -0.2) is 8.78 Å².